The number of anilines is 1. The van der Waals surface area contributed by atoms with Crippen LogP contribution in [0.15, 0.2) is 72.8 Å². The monoisotopic (exact) mass is 659 g/mol. The van der Waals surface area contributed by atoms with Gasteiger partial charge in [-0.15, -0.1) is 0 Å². The van der Waals surface area contributed by atoms with Gasteiger partial charge in [-0.05, 0) is 66.8 Å². The van der Waals surface area contributed by atoms with E-state index < -0.39 is 28.5 Å². The van der Waals surface area contributed by atoms with Crippen LogP contribution in [0.25, 0.3) is 0 Å². The summed E-state index contributed by atoms with van der Waals surface area (Å²) >= 11 is 12.6. The number of sulfonamides is 1. The van der Waals surface area contributed by atoms with Gasteiger partial charge in [-0.1, -0.05) is 85.8 Å². The highest BCUT2D eigenvalue weighted by atomic mass is 35.5. The minimum atomic E-state index is -3.88. The molecule has 3 aromatic rings. The van der Waals surface area contributed by atoms with Crippen LogP contribution in [0.5, 0.6) is 5.75 Å². The van der Waals surface area contributed by atoms with Crippen molar-refractivity contribution in [2.45, 2.75) is 70.7 Å². The molecular formula is C33H39Cl2N3O5S. The fourth-order valence-electron chi connectivity index (χ4n) is 5.36. The Morgan fingerprint density at radius 2 is 1.66 bits per heavy atom. The molecule has 44 heavy (non-hydrogen) atoms. The molecule has 1 saturated carbocycles. The smallest absolute Gasteiger partial charge is 0.244 e. The van der Waals surface area contributed by atoms with Gasteiger partial charge in [0, 0.05) is 22.6 Å². The number of hydrogen-bond acceptors (Lipinski definition) is 5. The van der Waals surface area contributed by atoms with Crippen molar-refractivity contribution < 1.29 is 22.7 Å². The quantitative estimate of drug-likeness (QED) is 0.223. The average molecular weight is 661 g/mol. The lowest BCUT2D eigenvalue weighted by Crippen LogP contribution is -2.54. The molecule has 0 saturated heterocycles. The Labute approximate surface area is 270 Å². The van der Waals surface area contributed by atoms with Crippen LogP contribution >= 0.6 is 23.2 Å². The number of carbonyl (C=O) groups excluding carboxylic acids is 2. The second-order valence-electron chi connectivity index (χ2n) is 11.1. The molecule has 0 aliphatic heterocycles. The Balaban J connectivity index is 1.57. The van der Waals surface area contributed by atoms with Crippen LogP contribution in [0, 0.1) is 0 Å². The van der Waals surface area contributed by atoms with Crippen LogP contribution < -0.4 is 14.4 Å². The maximum Gasteiger partial charge on any atom is 0.244 e. The Kier molecular flexibility index (Phi) is 11.9. The molecule has 0 spiro atoms. The molecule has 0 bridgehead atoms. The Bertz CT molecular complexity index is 1510. The third-order valence-corrected chi connectivity index (χ3v) is 9.47. The predicted molar refractivity (Wildman–Crippen MR) is 176 cm³/mol. The van der Waals surface area contributed by atoms with E-state index in [0.717, 1.165) is 48.2 Å². The Morgan fingerprint density at radius 3 is 2.27 bits per heavy atom. The Morgan fingerprint density at radius 1 is 0.977 bits per heavy atom. The zero-order valence-corrected chi connectivity index (χ0v) is 27.4. The molecule has 4 rings (SSSR count). The van der Waals surface area contributed by atoms with Gasteiger partial charge in [0.25, 0.3) is 0 Å². The third-order valence-electron chi connectivity index (χ3n) is 7.75. The SMILES string of the molecule is CCC(C(=O)NC1CCCCC1)N(Cc1ccc(Cl)cc1Cl)C(=O)CN(c1ccc(OCc2ccccc2)cc1)S(C)(=O)=O. The molecular weight excluding hydrogens is 621 g/mol. The van der Waals surface area contributed by atoms with Crippen molar-refractivity contribution in [2.24, 2.45) is 0 Å². The van der Waals surface area contributed by atoms with E-state index in [2.05, 4.69) is 5.32 Å². The van der Waals surface area contributed by atoms with Crippen molar-refractivity contribution in [2.75, 3.05) is 17.1 Å². The van der Waals surface area contributed by atoms with E-state index >= 15 is 0 Å². The molecule has 1 fully saturated rings. The van der Waals surface area contributed by atoms with E-state index in [1.165, 1.54) is 4.90 Å². The fraction of sp³-hybridized carbons (Fsp3) is 0.394. The first kappa shape index (κ1) is 33.6. The summed E-state index contributed by atoms with van der Waals surface area (Å²) in [6.45, 7) is 1.70. The number of ether oxygens (including phenoxy) is 1. The highest BCUT2D eigenvalue weighted by molar-refractivity contribution is 7.92. The third kappa shape index (κ3) is 9.36. The van der Waals surface area contributed by atoms with Crippen LogP contribution in [-0.4, -0.2) is 50.0 Å². The summed E-state index contributed by atoms with van der Waals surface area (Å²) in [6, 6.07) is 20.4. The summed E-state index contributed by atoms with van der Waals surface area (Å²) in [5, 5.41) is 3.92. The molecule has 1 N–H and O–H groups in total. The maximum absolute atomic E-state index is 14.0. The summed E-state index contributed by atoms with van der Waals surface area (Å²) in [6.07, 6.45) is 6.41. The largest absolute Gasteiger partial charge is 0.489 e. The lowest BCUT2D eigenvalue weighted by Gasteiger charge is -2.34. The van der Waals surface area contributed by atoms with Crippen LogP contribution in [0.2, 0.25) is 10.0 Å². The lowest BCUT2D eigenvalue weighted by atomic mass is 9.95. The van der Waals surface area contributed by atoms with Crippen molar-refractivity contribution in [1.29, 1.82) is 0 Å². The lowest BCUT2D eigenvalue weighted by molar-refractivity contribution is -0.140. The van der Waals surface area contributed by atoms with Crippen LogP contribution in [0.3, 0.4) is 0 Å². The summed E-state index contributed by atoms with van der Waals surface area (Å²) < 4.78 is 32.8. The standard InChI is InChI=1S/C33H39Cl2N3O5S/c1-3-31(33(40)36-27-12-8-5-9-13-27)37(21-25-14-15-26(34)20-30(25)35)32(39)22-38(44(2,41)42)28-16-18-29(19-17-28)43-23-24-10-6-4-7-11-24/h4,6-7,10-11,14-20,27,31H,3,5,8-9,12-13,21-23H2,1-2H3,(H,36,40). The van der Waals surface area contributed by atoms with Crippen LogP contribution in [0.4, 0.5) is 5.69 Å². The molecule has 2 amide bonds. The van der Waals surface area contributed by atoms with E-state index in [9.17, 15) is 18.0 Å². The molecule has 11 heteroatoms. The first-order valence-corrected chi connectivity index (χ1v) is 17.4. The number of hydrogen-bond donors (Lipinski definition) is 1. The molecule has 236 valence electrons. The molecule has 0 radical (unpaired) electrons. The molecule has 0 heterocycles. The van der Waals surface area contributed by atoms with Gasteiger partial charge in [0.15, 0.2) is 0 Å². The van der Waals surface area contributed by atoms with Crippen molar-refractivity contribution in [3.05, 3.63) is 94.0 Å². The summed E-state index contributed by atoms with van der Waals surface area (Å²) in [7, 11) is -3.88. The number of benzene rings is 3. The van der Waals surface area contributed by atoms with Crippen molar-refractivity contribution in [3.8, 4) is 5.75 Å². The topological polar surface area (TPSA) is 96.0 Å². The summed E-state index contributed by atoms with van der Waals surface area (Å²) in [4.78, 5) is 29.0. The van der Waals surface area contributed by atoms with E-state index in [1.54, 1.807) is 42.5 Å². The van der Waals surface area contributed by atoms with E-state index in [0.29, 0.717) is 40.1 Å². The van der Waals surface area contributed by atoms with Gasteiger partial charge in [-0.2, -0.15) is 0 Å². The first-order valence-electron chi connectivity index (χ1n) is 14.8. The highest BCUT2D eigenvalue weighted by Gasteiger charge is 2.33. The highest BCUT2D eigenvalue weighted by Crippen LogP contribution is 2.26. The summed E-state index contributed by atoms with van der Waals surface area (Å²) in [5.41, 5.74) is 1.90. The summed E-state index contributed by atoms with van der Waals surface area (Å²) in [5.74, 6) is -0.234. The molecule has 1 aliphatic rings. The number of nitrogens with one attached hydrogen (secondary N) is 1. The van der Waals surface area contributed by atoms with Gasteiger partial charge in [0.1, 0.15) is 24.9 Å². The second-order valence-corrected chi connectivity index (χ2v) is 13.8. The molecule has 1 atom stereocenters. The van der Waals surface area contributed by atoms with Crippen molar-refractivity contribution in [1.82, 2.24) is 10.2 Å². The van der Waals surface area contributed by atoms with Crippen molar-refractivity contribution >= 4 is 50.7 Å². The minimum Gasteiger partial charge on any atom is -0.489 e. The van der Waals surface area contributed by atoms with Gasteiger partial charge in [0.2, 0.25) is 21.8 Å². The van der Waals surface area contributed by atoms with Gasteiger partial charge < -0.3 is 15.0 Å². The second kappa shape index (κ2) is 15.6. The van der Waals surface area contributed by atoms with Crippen LogP contribution in [0.1, 0.15) is 56.6 Å². The van der Waals surface area contributed by atoms with E-state index in [4.69, 9.17) is 27.9 Å². The molecule has 3 aromatic carbocycles. The number of carbonyl (C=O) groups is 2. The minimum absolute atomic E-state index is 0.00922. The van der Waals surface area contributed by atoms with Gasteiger partial charge in [0.05, 0.1) is 11.9 Å². The average Bonchev–Trinajstić information content (AvgIpc) is 3.00. The van der Waals surface area contributed by atoms with Gasteiger partial charge in [-0.25, -0.2) is 8.42 Å². The fourth-order valence-corrected chi connectivity index (χ4v) is 6.68. The predicted octanol–water partition coefficient (Wildman–Crippen LogP) is 6.59. The number of halogens is 2. The molecule has 0 aromatic heterocycles. The molecule has 8 nitrogen and oxygen atoms in total. The van der Waals surface area contributed by atoms with Gasteiger partial charge >= 0.3 is 0 Å². The van der Waals surface area contributed by atoms with Crippen LogP contribution in [-0.2, 0) is 32.8 Å². The zero-order chi connectivity index (χ0) is 31.7. The normalized spacial score (nSPS) is 14.5. The number of rotatable bonds is 13. The first-order chi connectivity index (χ1) is 21.0. The van der Waals surface area contributed by atoms with Crippen molar-refractivity contribution in [3.63, 3.8) is 0 Å². The molecule has 1 unspecified atom stereocenters. The number of amides is 2. The maximum atomic E-state index is 14.0. The number of nitrogens with zero attached hydrogens (tertiary/aromatic N) is 2. The van der Waals surface area contributed by atoms with E-state index in [1.807, 2.05) is 37.3 Å². The Hall–Kier alpha value is -3.27. The van der Waals surface area contributed by atoms with Gasteiger partial charge in [-0.3, -0.25) is 13.9 Å². The zero-order valence-electron chi connectivity index (χ0n) is 25.0. The van der Waals surface area contributed by atoms with E-state index in [-0.39, 0.29) is 18.5 Å². The molecule has 1 aliphatic carbocycles.